The van der Waals surface area contributed by atoms with Crippen molar-refractivity contribution in [3.8, 4) is 0 Å². The fraction of sp³-hybridized carbons (Fsp3) is 0.647. The summed E-state index contributed by atoms with van der Waals surface area (Å²) in [5.41, 5.74) is 1.23. The number of halogens is 1. The van der Waals surface area contributed by atoms with Crippen molar-refractivity contribution in [3.05, 3.63) is 34.9 Å². The van der Waals surface area contributed by atoms with Crippen molar-refractivity contribution in [2.24, 2.45) is 23.2 Å². The lowest BCUT2D eigenvalue weighted by atomic mass is 9.47. The zero-order valence-corrected chi connectivity index (χ0v) is 11.9. The van der Waals surface area contributed by atoms with E-state index in [4.69, 9.17) is 11.6 Å². The van der Waals surface area contributed by atoms with E-state index in [9.17, 15) is 5.11 Å². The predicted octanol–water partition coefficient (Wildman–Crippen LogP) is 4.59. The molecule has 1 nitrogen and oxygen atoms in total. The maximum atomic E-state index is 10.9. The highest BCUT2D eigenvalue weighted by atomic mass is 35.5. The fourth-order valence-electron chi connectivity index (χ4n) is 5.51. The lowest BCUT2D eigenvalue weighted by Gasteiger charge is -2.58. The van der Waals surface area contributed by atoms with Crippen LogP contribution in [0.1, 0.15) is 50.2 Å². The monoisotopic (exact) mass is 276 g/mol. The normalized spacial score (nSPS) is 41.5. The van der Waals surface area contributed by atoms with Gasteiger partial charge in [0.15, 0.2) is 0 Å². The summed E-state index contributed by atoms with van der Waals surface area (Å²) in [6, 6.07) is 7.82. The molecule has 4 aliphatic rings. The molecule has 0 aromatic heterocycles. The Morgan fingerprint density at radius 1 is 0.947 bits per heavy atom. The lowest BCUT2D eigenvalue weighted by Crippen LogP contribution is -2.48. The van der Waals surface area contributed by atoms with Gasteiger partial charge < -0.3 is 5.11 Å². The summed E-state index contributed by atoms with van der Waals surface area (Å²) in [5, 5.41) is 11.7. The van der Waals surface area contributed by atoms with Crippen molar-refractivity contribution < 1.29 is 5.11 Å². The molecule has 0 radical (unpaired) electrons. The van der Waals surface area contributed by atoms with E-state index < -0.39 is 0 Å². The number of aliphatic hydroxyl groups is 1. The molecule has 0 spiro atoms. The SMILES string of the molecule is OC(c1ccc(Cl)cc1)C12CC3CC(CC(C3)C1)C2. The van der Waals surface area contributed by atoms with Gasteiger partial charge in [-0.2, -0.15) is 0 Å². The van der Waals surface area contributed by atoms with Gasteiger partial charge in [0.1, 0.15) is 0 Å². The molecule has 0 heterocycles. The average Bonchev–Trinajstić information content (AvgIpc) is 2.37. The molecule has 1 N–H and O–H groups in total. The Balaban J connectivity index is 1.65. The Morgan fingerprint density at radius 3 is 1.89 bits per heavy atom. The smallest absolute Gasteiger partial charge is 0.0846 e. The molecule has 4 fully saturated rings. The molecule has 102 valence electrons. The molecule has 4 aliphatic carbocycles. The van der Waals surface area contributed by atoms with Crippen LogP contribution >= 0.6 is 11.6 Å². The van der Waals surface area contributed by atoms with Crippen LogP contribution in [0.2, 0.25) is 5.02 Å². The van der Waals surface area contributed by atoms with Gasteiger partial charge in [0.25, 0.3) is 0 Å². The van der Waals surface area contributed by atoms with Crippen LogP contribution in [-0.2, 0) is 0 Å². The van der Waals surface area contributed by atoms with Crippen molar-refractivity contribution in [3.63, 3.8) is 0 Å². The molecular weight excluding hydrogens is 256 g/mol. The Bertz CT molecular complexity index is 443. The number of hydrogen-bond donors (Lipinski definition) is 1. The van der Waals surface area contributed by atoms with Crippen molar-refractivity contribution in [1.82, 2.24) is 0 Å². The average molecular weight is 277 g/mol. The molecule has 0 amide bonds. The second kappa shape index (κ2) is 4.23. The molecule has 1 atom stereocenters. The van der Waals surface area contributed by atoms with Gasteiger partial charge in [-0.1, -0.05) is 23.7 Å². The third-order valence-electron chi connectivity index (χ3n) is 5.85. The topological polar surface area (TPSA) is 20.2 Å². The minimum Gasteiger partial charge on any atom is -0.388 e. The highest BCUT2D eigenvalue weighted by Gasteiger charge is 2.54. The van der Waals surface area contributed by atoms with E-state index in [0.717, 1.165) is 28.3 Å². The van der Waals surface area contributed by atoms with Gasteiger partial charge in [-0.05, 0) is 74.0 Å². The lowest BCUT2D eigenvalue weighted by molar-refractivity contribution is -0.122. The highest BCUT2D eigenvalue weighted by Crippen LogP contribution is 2.63. The van der Waals surface area contributed by atoms with E-state index in [-0.39, 0.29) is 11.5 Å². The summed E-state index contributed by atoms with van der Waals surface area (Å²) in [6.45, 7) is 0. The minimum absolute atomic E-state index is 0.169. The van der Waals surface area contributed by atoms with Gasteiger partial charge in [-0.3, -0.25) is 0 Å². The molecule has 5 rings (SSSR count). The first kappa shape index (κ1) is 12.2. The first-order valence-electron chi connectivity index (χ1n) is 7.58. The maximum absolute atomic E-state index is 10.9. The van der Waals surface area contributed by atoms with Gasteiger partial charge >= 0.3 is 0 Å². The Hall–Kier alpha value is -0.530. The summed E-state index contributed by atoms with van der Waals surface area (Å²) in [7, 11) is 0. The Morgan fingerprint density at radius 2 is 1.42 bits per heavy atom. The summed E-state index contributed by atoms with van der Waals surface area (Å²) in [5.74, 6) is 2.65. The van der Waals surface area contributed by atoms with E-state index >= 15 is 0 Å². The molecule has 0 aliphatic heterocycles. The van der Waals surface area contributed by atoms with Crippen molar-refractivity contribution in [2.75, 3.05) is 0 Å². The summed E-state index contributed by atoms with van der Waals surface area (Å²) >= 11 is 5.95. The molecule has 19 heavy (non-hydrogen) atoms. The van der Waals surface area contributed by atoms with Crippen LogP contribution in [0.25, 0.3) is 0 Å². The van der Waals surface area contributed by atoms with Gasteiger partial charge in [0, 0.05) is 10.4 Å². The Kier molecular flexibility index (Phi) is 2.72. The standard InChI is InChI=1S/C17H21ClO/c18-15-3-1-14(2-4-15)16(19)17-8-11-5-12(9-17)7-13(6-11)10-17/h1-4,11-13,16,19H,5-10H2. The van der Waals surface area contributed by atoms with Crippen LogP contribution in [0.3, 0.4) is 0 Å². The maximum Gasteiger partial charge on any atom is 0.0846 e. The van der Waals surface area contributed by atoms with Gasteiger partial charge in [0.05, 0.1) is 6.10 Å². The van der Waals surface area contributed by atoms with Gasteiger partial charge in [-0.15, -0.1) is 0 Å². The number of benzene rings is 1. The van der Waals surface area contributed by atoms with Crippen molar-refractivity contribution >= 4 is 11.6 Å². The van der Waals surface area contributed by atoms with Crippen LogP contribution in [0.4, 0.5) is 0 Å². The predicted molar refractivity (Wildman–Crippen MR) is 77.0 cm³/mol. The van der Waals surface area contributed by atoms with E-state index in [0.29, 0.717) is 0 Å². The fourth-order valence-corrected chi connectivity index (χ4v) is 5.64. The van der Waals surface area contributed by atoms with Crippen LogP contribution in [0.15, 0.2) is 24.3 Å². The van der Waals surface area contributed by atoms with Crippen LogP contribution in [0.5, 0.6) is 0 Å². The molecule has 4 bridgehead atoms. The molecule has 4 saturated carbocycles. The number of hydrogen-bond acceptors (Lipinski definition) is 1. The third-order valence-corrected chi connectivity index (χ3v) is 6.10. The molecule has 1 unspecified atom stereocenters. The zero-order valence-electron chi connectivity index (χ0n) is 11.2. The highest BCUT2D eigenvalue weighted by molar-refractivity contribution is 6.30. The van der Waals surface area contributed by atoms with Crippen molar-refractivity contribution in [2.45, 2.75) is 44.6 Å². The Labute approximate surface area is 120 Å². The first-order valence-corrected chi connectivity index (χ1v) is 7.96. The van der Waals surface area contributed by atoms with Gasteiger partial charge in [0.2, 0.25) is 0 Å². The summed E-state index contributed by atoms with van der Waals surface area (Å²) in [4.78, 5) is 0. The molecular formula is C17H21ClO. The number of rotatable bonds is 2. The summed E-state index contributed by atoms with van der Waals surface area (Å²) < 4.78 is 0. The second-order valence-corrected chi connectivity index (χ2v) is 7.67. The molecule has 0 saturated heterocycles. The number of aliphatic hydroxyl groups excluding tert-OH is 1. The van der Waals surface area contributed by atoms with Crippen LogP contribution in [0, 0.1) is 23.2 Å². The van der Waals surface area contributed by atoms with Crippen molar-refractivity contribution in [1.29, 1.82) is 0 Å². The van der Waals surface area contributed by atoms with E-state index in [2.05, 4.69) is 0 Å². The zero-order chi connectivity index (χ0) is 13.0. The summed E-state index contributed by atoms with van der Waals surface area (Å²) in [6.07, 6.45) is 7.69. The van der Waals surface area contributed by atoms with E-state index in [1.807, 2.05) is 24.3 Å². The first-order chi connectivity index (χ1) is 9.14. The minimum atomic E-state index is -0.293. The quantitative estimate of drug-likeness (QED) is 0.838. The van der Waals surface area contributed by atoms with Crippen LogP contribution in [-0.4, -0.2) is 5.11 Å². The molecule has 1 aromatic carbocycles. The van der Waals surface area contributed by atoms with E-state index in [1.54, 1.807) is 0 Å². The third kappa shape index (κ3) is 1.94. The molecule has 2 heteroatoms. The second-order valence-electron chi connectivity index (χ2n) is 7.23. The van der Waals surface area contributed by atoms with Crippen LogP contribution < -0.4 is 0 Å². The molecule has 1 aromatic rings. The van der Waals surface area contributed by atoms with Gasteiger partial charge in [-0.25, -0.2) is 0 Å². The largest absolute Gasteiger partial charge is 0.388 e. The van der Waals surface area contributed by atoms with E-state index in [1.165, 1.54) is 38.5 Å².